The van der Waals surface area contributed by atoms with Gasteiger partial charge in [0, 0.05) is 36.6 Å². The number of nitrogens with zero attached hydrogens (tertiary/aromatic N) is 1. The average molecular weight is 292 g/mol. The third-order valence-electron chi connectivity index (χ3n) is 3.47. The first-order chi connectivity index (χ1) is 9.70. The lowest BCUT2D eigenvalue weighted by molar-refractivity contribution is 0.0918. The highest BCUT2D eigenvalue weighted by molar-refractivity contribution is 7.99. The molecule has 1 aromatic rings. The van der Waals surface area contributed by atoms with E-state index in [0.717, 1.165) is 54.4 Å². The number of rotatable bonds is 6. The minimum Gasteiger partial charge on any atom is -0.314 e. The Balaban J connectivity index is 2.08. The molecule has 0 amide bonds. The fourth-order valence-corrected chi connectivity index (χ4v) is 3.27. The van der Waals surface area contributed by atoms with Crippen LogP contribution in [0.15, 0.2) is 23.1 Å². The molecule has 110 valence electrons. The summed E-state index contributed by atoms with van der Waals surface area (Å²) in [5.41, 5.74) is 2.07. The summed E-state index contributed by atoms with van der Waals surface area (Å²) in [5.74, 6) is 1.32. The van der Waals surface area contributed by atoms with Gasteiger partial charge in [0.25, 0.3) is 0 Å². The maximum atomic E-state index is 12.6. The zero-order valence-electron chi connectivity index (χ0n) is 12.4. The summed E-state index contributed by atoms with van der Waals surface area (Å²) in [6.07, 6.45) is 1.13. The van der Waals surface area contributed by atoms with Crippen LogP contribution in [0.1, 0.15) is 29.3 Å². The Morgan fingerprint density at radius 1 is 1.35 bits per heavy atom. The summed E-state index contributed by atoms with van der Waals surface area (Å²) in [4.78, 5) is 16.0. The highest BCUT2D eigenvalue weighted by atomic mass is 32.2. The van der Waals surface area contributed by atoms with Crippen molar-refractivity contribution in [2.24, 2.45) is 0 Å². The van der Waals surface area contributed by atoms with Crippen LogP contribution in [0.2, 0.25) is 0 Å². The monoisotopic (exact) mass is 292 g/mol. The van der Waals surface area contributed by atoms with Crippen LogP contribution < -0.4 is 5.32 Å². The highest BCUT2D eigenvalue weighted by Crippen LogP contribution is 2.25. The van der Waals surface area contributed by atoms with Gasteiger partial charge in [-0.25, -0.2) is 0 Å². The van der Waals surface area contributed by atoms with Crippen molar-refractivity contribution in [1.29, 1.82) is 0 Å². The Morgan fingerprint density at radius 3 is 2.80 bits per heavy atom. The summed E-state index contributed by atoms with van der Waals surface area (Å²) < 4.78 is 0. The molecule has 2 rings (SSSR count). The minimum absolute atomic E-state index is 0.259. The number of thioether (sulfide) groups is 1. The number of carbonyl (C=O) groups is 1. The second-order valence-corrected chi connectivity index (χ2v) is 6.43. The van der Waals surface area contributed by atoms with Gasteiger partial charge in [-0.05, 0) is 31.2 Å². The molecule has 0 aromatic heterocycles. The smallest absolute Gasteiger partial charge is 0.177 e. The van der Waals surface area contributed by atoms with Gasteiger partial charge in [0.1, 0.15) is 0 Å². The van der Waals surface area contributed by atoms with E-state index in [2.05, 4.69) is 36.2 Å². The number of ketones is 1. The molecule has 1 aliphatic rings. The fraction of sp³-hybridized carbons (Fsp3) is 0.562. The van der Waals surface area contributed by atoms with Crippen LogP contribution in [-0.2, 0) is 0 Å². The molecule has 1 fully saturated rings. The molecule has 0 spiro atoms. The summed E-state index contributed by atoms with van der Waals surface area (Å²) in [5, 5.41) is 3.32. The first-order valence-corrected chi connectivity index (χ1v) is 8.39. The lowest BCUT2D eigenvalue weighted by atomic mass is 10.1. The number of piperazine rings is 1. The summed E-state index contributed by atoms with van der Waals surface area (Å²) in [6.45, 7) is 8.67. The molecule has 0 atom stereocenters. The zero-order valence-corrected chi connectivity index (χ0v) is 13.3. The van der Waals surface area contributed by atoms with E-state index in [1.807, 2.05) is 6.07 Å². The van der Waals surface area contributed by atoms with Crippen molar-refractivity contribution in [3.63, 3.8) is 0 Å². The first kappa shape index (κ1) is 15.5. The van der Waals surface area contributed by atoms with Crippen molar-refractivity contribution in [3.8, 4) is 0 Å². The van der Waals surface area contributed by atoms with E-state index in [-0.39, 0.29) is 5.78 Å². The molecule has 0 saturated carbocycles. The number of benzene rings is 1. The zero-order chi connectivity index (χ0) is 14.4. The SMILES string of the molecule is CCCSc1ccc(C)cc1C(=O)CN1CCNCC1. The summed E-state index contributed by atoms with van der Waals surface area (Å²) >= 11 is 1.79. The Hall–Kier alpha value is -0.840. The molecule has 0 radical (unpaired) electrons. The third kappa shape index (κ3) is 4.33. The maximum absolute atomic E-state index is 12.6. The minimum atomic E-state index is 0.259. The van der Waals surface area contributed by atoms with Crippen molar-refractivity contribution < 1.29 is 4.79 Å². The number of hydrogen-bond donors (Lipinski definition) is 1. The quantitative estimate of drug-likeness (QED) is 0.645. The molecule has 3 nitrogen and oxygen atoms in total. The van der Waals surface area contributed by atoms with Crippen molar-refractivity contribution in [2.45, 2.75) is 25.2 Å². The predicted molar refractivity (Wildman–Crippen MR) is 85.8 cm³/mol. The van der Waals surface area contributed by atoms with Gasteiger partial charge in [0.2, 0.25) is 0 Å². The lowest BCUT2D eigenvalue weighted by Crippen LogP contribution is -2.45. The molecular weight excluding hydrogens is 268 g/mol. The van der Waals surface area contributed by atoms with Crippen LogP contribution in [0.5, 0.6) is 0 Å². The molecule has 4 heteroatoms. The van der Waals surface area contributed by atoms with Gasteiger partial charge in [-0.1, -0.05) is 18.6 Å². The second kappa shape index (κ2) is 7.81. The van der Waals surface area contributed by atoms with E-state index in [1.54, 1.807) is 11.8 Å². The Bertz CT molecular complexity index is 456. The van der Waals surface area contributed by atoms with Crippen molar-refractivity contribution in [2.75, 3.05) is 38.5 Å². The van der Waals surface area contributed by atoms with E-state index < -0.39 is 0 Å². The van der Waals surface area contributed by atoms with Gasteiger partial charge in [-0.3, -0.25) is 9.69 Å². The number of aryl methyl sites for hydroxylation is 1. The van der Waals surface area contributed by atoms with Gasteiger partial charge >= 0.3 is 0 Å². The number of carbonyl (C=O) groups excluding carboxylic acids is 1. The lowest BCUT2D eigenvalue weighted by Gasteiger charge is -2.26. The summed E-state index contributed by atoms with van der Waals surface area (Å²) in [6, 6.07) is 6.24. The van der Waals surface area contributed by atoms with Gasteiger partial charge in [0.05, 0.1) is 6.54 Å². The number of nitrogens with one attached hydrogen (secondary N) is 1. The number of hydrogen-bond acceptors (Lipinski definition) is 4. The summed E-state index contributed by atoms with van der Waals surface area (Å²) in [7, 11) is 0. The van der Waals surface area contributed by atoms with Crippen LogP contribution in [-0.4, -0.2) is 49.2 Å². The topological polar surface area (TPSA) is 32.3 Å². The van der Waals surface area contributed by atoms with Crippen LogP contribution >= 0.6 is 11.8 Å². The van der Waals surface area contributed by atoms with Crippen molar-refractivity contribution in [3.05, 3.63) is 29.3 Å². The molecule has 1 aliphatic heterocycles. The van der Waals surface area contributed by atoms with E-state index in [9.17, 15) is 4.79 Å². The maximum Gasteiger partial charge on any atom is 0.177 e. The average Bonchev–Trinajstić information content (AvgIpc) is 2.47. The van der Waals surface area contributed by atoms with Gasteiger partial charge in [-0.2, -0.15) is 0 Å². The fourth-order valence-electron chi connectivity index (χ4n) is 2.36. The molecule has 1 saturated heterocycles. The van der Waals surface area contributed by atoms with Crippen molar-refractivity contribution >= 4 is 17.5 Å². The standard InChI is InChI=1S/C16H24N2OS/c1-3-10-20-16-5-4-13(2)11-14(16)15(19)12-18-8-6-17-7-9-18/h4-5,11,17H,3,6-10,12H2,1-2H3. The molecule has 0 bridgehead atoms. The Morgan fingerprint density at radius 2 is 2.10 bits per heavy atom. The predicted octanol–water partition coefficient (Wildman–Crippen LogP) is 2.59. The Labute approximate surface area is 126 Å². The van der Waals surface area contributed by atoms with E-state index >= 15 is 0 Å². The van der Waals surface area contributed by atoms with E-state index in [1.165, 1.54) is 0 Å². The highest BCUT2D eigenvalue weighted by Gasteiger charge is 2.17. The van der Waals surface area contributed by atoms with Gasteiger partial charge in [-0.15, -0.1) is 11.8 Å². The van der Waals surface area contributed by atoms with Gasteiger partial charge < -0.3 is 5.32 Å². The van der Waals surface area contributed by atoms with Crippen LogP contribution in [0.25, 0.3) is 0 Å². The van der Waals surface area contributed by atoms with Crippen LogP contribution in [0.3, 0.4) is 0 Å². The number of Topliss-reactive ketones (excluding diaryl/α,β-unsaturated/α-hetero) is 1. The van der Waals surface area contributed by atoms with Crippen LogP contribution in [0, 0.1) is 6.92 Å². The van der Waals surface area contributed by atoms with E-state index in [4.69, 9.17) is 0 Å². The van der Waals surface area contributed by atoms with Crippen molar-refractivity contribution in [1.82, 2.24) is 10.2 Å². The van der Waals surface area contributed by atoms with Crippen LogP contribution in [0.4, 0.5) is 0 Å². The molecule has 1 heterocycles. The normalized spacial score (nSPS) is 16.3. The largest absolute Gasteiger partial charge is 0.314 e. The third-order valence-corrected chi connectivity index (χ3v) is 4.75. The molecule has 0 unspecified atom stereocenters. The first-order valence-electron chi connectivity index (χ1n) is 7.40. The molecule has 1 aromatic carbocycles. The molecular formula is C16H24N2OS. The molecule has 0 aliphatic carbocycles. The molecule has 20 heavy (non-hydrogen) atoms. The second-order valence-electron chi connectivity index (χ2n) is 5.30. The Kier molecular flexibility index (Phi) is 6.07. The molecule has 1 N–H and O–H groups in total. The van der Waals surface area contributed by atoms with E-state index in [0.29, 0.717) is 6.54 Å². The van der Waals surface area contributed by atoms with Gasteiger partial charge in [0.15, 0.2) is 5.78 Å².